The first-order valence-corrected chi connectivity index (χ1v) is 10.5. The van der Waals surface area contributed by atoms with Crippen LogP contribution in [-0.4, -0.2) is 52.9 Å². The molecule has 2 aromatic rings. The normalized spacial score (nSPS) is 10.7. The Morgan fingerprint density at radius 1 is 1.32 bits per heavy atom. The van der Waals surface area contributed by atoms with Crippen molar-refractivity contribution >= 4 is 23.4 Å². The minimum atomic E-state index is -1.06. The number of carbonyl (C=O) groups is 2. The number of aryl methyl sites for hydroxylation is 1. The van der Waals surface area contributed by atoms with Gasteiger partial charge in [-0.15, -0.1) is 11.3 Å². The van der Waals surface area contributed by atoms with Crippen molar-refractivity contribution < 1.29 is 28.6 Å². The van der Waals surface area contributed by atoms with Crippen molar-refractivity contribution in [2.75, 3.05) is 20.2 Å². The topological polar surface area (TPSA) is 89.0 Å². The van der Waals surface area contributed by atoms with E-state index >= 15 is 0 Å². The van der Waals surface area contributed by atoms with Crippen molar-refractivity contribution in [3.63, 3.8) is 0 Å². The molecule has 1 N–H and O–H groups in total. The molecule has 7 nitrogen and oxygen atoms in total. The Labute approximate surface area is 184 Å². The molecule has 0 saturated heterocycles. The molecule has 0 bridgehead atoms. The number of hydrogen-bond donors (Lipinski definition) is 1. The molecule has 1 aromatic heterocycles. The quantitative estimate of drug-likeness (QED) is 0.504. The summed E-state index contributed by atoms with van der Waals surface area (Å²) in [5.74, 6) is 4.11. The predicted molar refractivity (Wildman–Crippen MR) is 115 cm³/mol. The lowest BCUT2D eigenvalue weighted by Gasteiger charge is -2.23. The van der Waals surface area contributed by atoms with Gasteiger partial charge in [-0.1, -0.05) is 11.8 Å². The number of carboxylic acids is 1. The highest BCUT2D eigenvalue weighted by atomic mass is 32.1. The van der Waals surface area contributed by atoms with Crippen LogP contribution in [-0.2, 0) is 11.2 Å². The summed E-state index contributed by atoms with van der Waals surface area (Å²) in [6.07, 6.45) is 0.536. The first-order chi connectivity index (χ1) is 14.6. The fraction of sp³-hybridized carbons (Fsp3) is 0.409. The van der Waals surface area contributed by atoms with Crippen molar-refractivity contribution in [1.82, 2.24) is 9.88 Å². The highest BCUT2D eigenvalue weighted by Crippen LogP contribution is 2.20. The van der Waals surface area contributed by atoms with Gasteiger partial charge in [0.1, 0.15) is 5.60 Å². The zero-order valence-electron chi connectivity index (χ0n) is 17.9. The highest BCUT2D eigenvalue weighted by Gasteiger charge is 2.18. The Balaban J connectivity index is 1.84. The lowest BCUT2D eigenvalue weighted by molar-refractivity contribution is 0.0320. The molecule has 31 heavy (non-hydrogen) atoms. The van der Waals surface area contributed by atoms with Gasteiger partial charge in [-0.05, 0) is 51.8 Å². The molecule has 0 spiro atoms. The van der Waals surface area contributed by atoms with Crippen LogP contribution in [0.2, 0.25) is 0 Å². The maximum absolute atomic E-state index is 14.3. The molecule has 166 valence electrons. The maximum atomic E-state index is 14.3. The molecule has 0 aliphatic carbocycles. The van der Waals surface area contributed by atoms with E-state index in [-0.39, 0.29) is 24.6 Å². The van der Waals surface area contributed by atoms with Gasteiger partial charge in [0.25, 0.3) is 0 Å². The summed E-state index contributed by atoms with van der Waals surface area (Å²) < 4.78 is 24.9. The van der Waals surface area contributed by atoms with Crippen LogP contribution in [0.15, 0.2) is 23.7 Å². The molecular formula is C22H25FN2O5S. The molecule has 1 aromatic carbocycles. The minimum Gasteiger partial charge on any atom is -0.491 e. The number of aromatic carboxylic acids is 1. The van der Waals surface area contributed by atoms with Gasteiger partial charge in [0.15, 0.2) is 17.3 Å². The molecule has 1 amide bonds. The summed E-state index contributed by atoms with van der Waals surface area (Å²) in [4.78, 5) is 28.7. The first kappa shape index (κ1) is 24.2. The van der Waals surface area contributed by atoms with Crippen LogP contribution in [0.25, 0.3) is 0 Å². The summed E-state index contributed by atoms with van der Waals surface area (Å²) in [7, 11) is 1.58. The van der Waals surface area contributed by atoms with E-state index in [0.717, 1.165) is 0 Å². The average molecular weight is 449 g/mol. The van der Waals surface area contributed by atoms with Gasteiger partial charge in [0, 0.05) is 17.5 Å². The number of carbonyl (C=O) groups excluding carboxylic acids is 1. The van der Waals surface area contributed by atoms with Gasteiger partial charge < -0.3 is 19.5 Å². The van der Waals surface area contributed by atoms with E-state index in [4.69, 9.17) is 14.6 Å². The highest BCUT2D eigenvalue weighted by molar-refractivity contribution is 7.09. The summed E-state index contributed by atoms with van der Waals surface area (Å²) >= 11 is 1.27. The van der Waals surface area contributed by atoms with Gasteiger partial charge >= 0.3 is 12.1 Å². The largest absolute Gasteiger partial charge is 0.491 e. The minimum absolute atomic E-state index is 0.0522. The molecule has 1 heterocycles. The molecule has 0 atom stereocenters. The number of ether oxygens (including phenoxy) is 2. The van der Waals surface area contributed by atoms with E-state index < -0.39 is 23.5 Å². The van der Waals surface area contributed by atoms with E-state index in [2.05, 4.69) is 16.8 Å². The molecule has 0 unspecified atom stereocenters. The molecular weight excluding hydrogens is 423 g/mol. The number of halogens is 1. The Hall–Kier alpha value is -3.12. The first-order valence-electron chi connectivity index (χ1n) is 9.58. The second-order valence-corrected chi connectivity index (χ2v) is 8.60. The van der Waals surface area contributed by atoms with Crippen LogP contribution in [0.1, 0.15) is 48.1 Å². The van der Waals surface area contributed by atoms with Gasteiger partial charge in [-0.25, -0.2) is 19.0 Å². The summed E-state index contributed by atoms with van der Waals surface area (Å²) in [6, 6.07) is 4.39. The molecule has 0 saturated carbocycles. The third kappa shape index (κ3) is 7.90. The van der Waals surface area contributed by atoms with Crippen LogP contribution in [0, 0.1) is 17.7 Å². The Bertz CT molecular complexity index is 988. The fourth-order valence-electron chi connectivity index (χ4n) is 2.40. The van der Waals surface area contributed by atoms with E-state index in [1.807, 2.05) is 0 Å². The SMILES string of the molecule is CN(CC#Cc1ccc(OCCCc2scnc2C(=O)O)c(F)c1)C(=O)OC(C)(C)C. The van der Waals surface area contributed by atoms with Crippen LogP contribution in [0.4, 0.5) is 9.18 Å². The molecule has 9 heteroatoms. The lowest BCUT2D eigenvalue weighted by atomic mass is 10.2. The second kappa shape index (κ2) is 10.8. The van der Waals surface area contributed by atoms with Gasteiger partial charge in [-0.2, -0.15) is 0 Å². The fourth-order valence-corrected chi connectivity index (χ4v) is 3.20. The Morgan fingerprint density at radius 3 is 2.71 bits per heavy atom. The number of carboxylic acid groups (broad SMARTS) is 1. The second-order valence-electron chi connectivity index (χ2n) is 7.66. The maximum Gasteiger partial charge on any atom is 0.410 e. The van der Waals surface area contributed by atoms with Crippen molar-refractivity contribution in [3.8, 4) is 17.6 Å². The zero-order chi connectivity index (χ0) is 23.0. The zero-order valence-corrected chi connectivity index (χ0v) is 18.7. The van der Waals surface area contributed by atoms with Crippen LogP contribution < -0.4 is 4.74 Å². The van der Waals surface area contributed by atoms with E-state index in [9.17, 15) is 14.0 Å². The Kier molecular flexibility index (Phi) is 8.39. The molecule has 0 radical (unpaired) electrons. The van der Waals surface area contributed by atoms with Crippen molar-refractivity contribution in [2.24, 2.45) is 0 Å². The molecule has 0 fully saturated rings. The molecule has 0 aliphatic rings. The van der Waals surface area contributed by atoms with Crippen LogP contribution in [0.3, 0.4) is 0 Å². The van der Waals surface area contributed by atoms with E-state index in [0.29, 0.717) is 23.3 Å². The van der Waals surface area contributed by atoms with Gasteiger partial charge in [0.2, 0.25) is 0 Å². The number of benzene rings is 1. The Morgan fingerprint density at radius 2 is 2.06 bits per heavy atom. The third-order valence-electron chi connectivity index (χ3n) is 3.84. The predicted octanol–water partition coefficient (Wildman–Crippen LogP) is 4.21. The molecule has 2 rings (SSSR count). The van der Waals surface area contributed by atoms with E-state index in [1.54, 1.807) is 33.9 Å². The molecule has 0 aliphatic heterocycles. The number of nitrogens with zero attached hydrogens (tertiary/aromatic N) is 2. The van der Waals surface area contributed by atoms with Crippen molar-refractivity contribution in [1.29, 1.82) is 0 Å². The van der Waals surface area contributed by atoms with Crippen molar-refractivity contribution in [2.45, 2.75) is 39.2 Å². The number of aromatic nitrogens is 1. The average Bonchev–Trinajstić information content (AvgIpc) is 3.14. The van der Waals surface area contributed by atoms with E-state index in [1.165, 1.54) is 33.9 Å². The van der Waals surface area contributed by atoms with Gasteiger partial charge in [0.05, 0.1) is 18.7 Å². The number of hydrogen-bond acceptors (Lipinski definition) is 6. The smallest absolute Gasteiger partial charge is 0.410 e. The summed E-state index contributed by atoms with van der Waals surface area (Å²) in [5, 5.41) is 9.04. The summed E-state index contributed by atoms with van der Waals surface area (Å²) in [6.45, 7) is 5.72. The summed E-state index contributed by atoms with van der Waals surface area (Å²) in [5.41, 5.74) is 1.41. The standard InChI is InChI=1S/C22H25FN2O5S/c1-22(2,3)30-21(28)25(4)11-5-7-15-9-10-17(16(23)13-15)29-12-6-8-18-19(20(26)27)24-14-31-18/h9-10,13-14H,6,8,11-12H2,1-4H3,(H,26,27). The number of rotatable bonds is 7. The van der Waals surface area contributed by atoms with Crippen LogP contribution >= 0.6 is 11.3 Å². The number of thiazole rings is 1. The monoisotopic (exact) mass is 448 g/mol. The van der Waals surface area contributed by atoms with Crippen LogP contribution in [0.5, 0.6) is 5.75 Å². The van der Waals surface area contributed by atoms with Crippen molar-refractivity contribution in [3.05, 3.63) is 45.7 Å². The number of amides is 1. The lowest BCUT2D eigenvalue weighted by Crippen LogP contribution is -2.34. The third-order valence-corrected chi connectivity index (χ3v) is 4.73. The van der Waals surface area contributed by atoms with Gasteiger partial charge in [-0.3, -0.25) is 0 Å².